The van der Waals surface area contributed by atoms with Gasteiger partial charge < -0.3 is 9.84 Å². The molecule has 1 aromatic rings. The molecule has 0 aromatic heterocycles. The molecule has 0 spiro atoms. The highest BCUT2D eigenvalue weighted by atomic mass is 35.5. The second-order valence-electron chi connectivity index (χ2n) is 4.58. The van der Waals surface area contributed by atoms with E-state index in [0.717, 1.165) is 12.1 Å². The van der Waals surface area contributed by atoms with Crippen molar-refractivity contribution in [3.63, 3.8) is 0 Å². The van der Waals surface area contributed by atoms with E-state index >= 15 is 0 Å². The van der Waals surface area contributed by atoms with Gasteiger partial charge in [0.25, 0.3) is 0 Å². The first kappa shape index (κ1) is 15.6. The summed E-state index contributed by atoms with van der Waals surface area (Å²) in [6.45, 7) is 0.922. The Morgan fingerprint density at radius 1 is 1.35 bits per heavy atom. The first-order valence-corrected chi connectivity index (χ1v) is 8.25. The number of rotatable bonds is 4. The maximum absolute atomic E-state index is 12.3. The lowest BCUT2D eigenvalue weighted by Gasteiger charge is -2.11. The largest absolute Gasteiger partial charge is 0.478 e. The molecular weight excluding hydrogens is 327 g/mol. The minimum Gasteiger partial charge on any atom is -0.478 e. The van der Waals surface area contributed by atoms with E-state index in [1.54, 1.807) is 0 Å². The summed E-state index contributed by atoms with van der Waals surface area (Å²) in [7, 11) is -3.68. The highest BCUT2D eigenvalue weighted by Gasteiger charge is 2.28. The smallest absolute Gasteiger partial charge is 0.337 e. The first-order chi connectivity index (χ1) is 9.31. The molecule has 0 bridgehead atoms. The van der Waals surface area contributed by atoms with Gasteiger partial charge in [-0.2, -0.15) is 0 Å². The van der Waals surface area contributed by atoms with Crippen LogP contribution in [0.3, 0.4) is 0 Å². The molecule has 1 saturated heterocycles. The number of carbonyl (C=O) groups is 1. The van der Waals surface area contributed by atoms with Crippen LogP contribution in [0.1, 0.15) is 16.8 Å². The topological polar surface area (TPSA) is 80.7 Å². The van der Waals surface area contributed by atoms with Gasteiger partial charge in [-0.05, 0) is 24.5 Å². The van der Waals surface area contributed by atoms with Crippen LogP contribution < -0.4 is 0 Å². The summed E-state index contributed by atoms with van der Waals surface area (Å²) in [5.41, 5.74) is -0.280. The zero-order valence-electron chi connectivity index (χ0n) is 10.3. The average Bonchev–Trinajstić information content (AvgIpc) is 2.79. The van der Waals surface area contributed by atoms with E-state index in [9.17, 15) is 13.2 Å². The van der Waals surface area contributed by atoms with Crippen molar-refractivity contribution in [1.82, 2.24) is 0 Å². The van der Waals surface area contributed by atoms with Gasteiger partial charge in [-0.3, -0.25) is 0 Å². The standard InChI is InChI=1S/C12H12Cl2O5S/c13-9-4-10(14)11(3-8(9)12(15)16)20(17,18)6-7-1-2-19-5-7/h3-4,7H,1-2,5-6H2,(H,15,16). The van der Waals surface area contributed by atoms with Crippen molar-refractivity contribution in [3.05, 3.63) is 27.7 Å². The molecule has 0 aliphatic carbocycles. The lowest BCUT2D eigenvalue weighted by Crippen LogP contribution is -2.17. The van der Waals surface area contributed by atoms with E-state index in [1.807, 2.05) is 0 Å². The van der Waals surface area contributed by atoms with Gasteiger partial charge >= 0.3 is 5.97 Å². The number of aromatic carboxylic acids is 1. The first-order valence-electron chi connectivity index (χ1n) is 5.84. The molecule has 1 fully saturated rings. The maximum Gasteiger partial charge on any atom is 0.337 e. The number of sulfone groups is 1. The summed E-state index contributed by atoms with van der Waals surface area (Å²) in [4.78, 5) is 10.8. The average molecular weight is 339 g/mol. The Kier molecular flexibility index (Phi) is 4.59. The highest BCUT2D eigenvalue weighted by molar-refractivity contribution is 7.91. The summed E-state index contributed by atoms with van der Waals surface area (Å²) in [6.07, 6.45) is 0.663. The van der Waals surface area contributed by atoms with E-state index in [1.165, 1.54) is 0 Å². The molecule has 0 radical (unpaired) electrons. The Morgan fingerprint density at radius 3 is 2.60 bits per heavy atom. The second-order valence-corrected chi connectivity index (χ2v) is 7.40. The van der Waals surface area contributed by atoms with E-state index in [4.69, 9.17) is 33.0 Å². The number of halogens is 2. The number of hydrogen-bond donors (Lipinski definition) is 1. The molecule has 5 nitrogen and oxygen atoms in total. The fourth-order valence-corrected chi connectivity index (χ4v) is 4.58. The molecular formula is C12H12Cl2O5S. The molecule has 1 aliphatic rings. The van der Waals surface area contributed by atoms with Crippen molar-refractivity contribution in [3.8, 4) is 0 Å². The molecule has 1 unspecified atom stereocenters. The lowest BCUT2D eigenvalue weighted by molar-refractivity contribution is 0.0697. The third-order valence-electron chi connectivity index (χ3n) is 3.07. The van der Waals surface area contributed by atoms with Gasteiger partial charge in [0.2, 0.25) is 0 Å². The molecule has 1 N–H and O–H groups in total. The van der Waals surface area contributed by atoms with Gasteiger partial charge in [0.15, 0.2) is 9.84 Å². The fourth-order valence-electron chi connectivity index (χ4n) is 2.05. The van der Waals surface area contributed by atoms with E-state index in [0.29, 0.717) is 19.6 Å². The Balaban J connectivity index is 2.40. The monoisotopic (exact) mass is 338 g/mol. The van der Waals surface area contributed by atoms with E-state index in [-0.39, 0.29) is 32.2 Å². The predicted molar refractivity (Wildman–Crippen MR) is 74.4 cm³/mol. The van der Waals surface area contributed by atoms with Crippen molar-refractivity contribution in [2.75, 3.05) is 19.0 Å². The van der Waals surface area contributed by atoms with Crippen molar-refractivity contribution in [2.45, 2.75) is 11.3 Å². The SMILES string of the molecule is O=C(O)c1cc(S(=O)(=O)CC2CCOC2)c(Cl)cc1Cl. The van der Waals surface area contributed by atoms with Crippen LogP contribution in [-0.2, 0) is 14.6 Å². The minimum absolute atomic E-state index is 0.0704. The van der Waals surface area contributed by atoms with Crippen LogP contribution in [0.15, 0.2) is 17.0 Å². The predicted octanol–water partition coefficient (Wildman–Crippen LogP) is 2.50. The normalized spacial score (nSPS) is 19.2. The number of ether oxygens (including phenoxy) is 1. The molecule has 0 saturated carbocycles. The van der Waals surface area contributed by atoms with Gasteiger partial charge in [0.05, 0.1) is 32.9 Å². The molecule has 8 heteroatoms. The van der Waals surface area contributed by atoms with Gasteiger partial charge in [0.1, 0.15) is 0 Å². The van der Waals surface area contributed by atoms with Crippen molar-refractivity contribution in [2.24, 2.45) is 5.92 Å². The van der Waals surface area contributed by atoms with Crippen LogP contribution in [0.4, 0.5) is 0 Å². The van der Waals surface area contributed by atoms with E-state index in [2.05, 4.69) is 0 Å². The summed E-state index contributed by atoms with van der Waals surface area (Å²) >= 11 is 11.6. The van der Waals surface area contributed by atoms with Gasteiger partial charge in [-0.1, -0.05) is 23.2 Å². The molecule has 1 heterocycles. The van der Waals surface area contributed by atoms with Crippen molar-refractivity contribution in [1.29, 1.82) is 0 Å². The molecule has 20 heavy (non-hydrogen) atoms. The van der Waals surface area contributed by atoms with Gasteiger partial charge in [-0.15, -0.1) is 0 Å². The van der Waals surface area contributed by atoms with Crippen LogP contribution in [-0.4, -0.2) is 38.5 Å². The van der Waals surface area contributed by atoms with Crippen molar-refractivity contribution < 1.29 is 23.1 Å². The third kappa shape index (κ3) is 3.25. The zero-order valence-corrected chi connectivity index (χ0v) is 12.6. The minimum atomic E-state index is -3.68. The Morgan fingerprint density at radius 2 is 2.05 bits per heavy atom. The molecule has 0 amide bonds. The van der Waals surface area contributed by atoms with Crippen LogP contribution in [0.25, 0.3) is 0 Å². The Hall–Kier alpha value is -0.820. The third-order valence-corrected chi connectivity index (χ3v) is 5.72. The maximum atomic E-state index is 12.3. The molecule has 1 atom stereocenters. The number of carboxylic acid groups (broad SMARTS) is 1. The van der Waals surface area contributed by atoms with Crippen LogP contribution >= 0.6 is 23.2 Å². The Labute approximate surface area is 126 Å². The summed E-state index contributed by atoms with van der Waals surface area (Å²) in [5.74, 6) is -1.51. The Bertz CT molecular complexity index is 635. The van der Waals surface area contributed by atoms with Crippen LogP contribution in [0.5, 0.6) is 0 Å². The van der Waals surface area contributed by atoms with E-state index < -0.39 is 15.8 Å². The summed E-state index contributed by atoms with van der Waals surface area (Å²) < 4.78 is 29.8. The highest BCUT2D eigenvalue weighted by Crippen LogP contribution is 2.31. The number of hydrogen-bond acceptors (Lipinski definition) is 4. The fraction of sp³-hybridized carbons (Fsp3) is 0.417. The van der Waals surface area contributed by atoms with Gasteiger partial charge in [-0.25, -0.2) is 13.2 Å². The van der Waals surface area contributed by atoms with Gasteiger partial charge in [0, 0.05) is 6.61 Å². The van der Waals surface area contributed by atoms with Crippen LogP contribution in [0, 0.1) is 5.92 Å². The molecule has 110 valence electrons. The van der Waals surface area contributed by atoms with Crippen molar-refractivity contribution >= 4 is 39.0 Å². The quantitative estimate of drug-likeness (QED) is 0.912. The second kappa shape index (κ2) is 5.89. The lowest BCUT2D eigenvalue weighted by atomic mass is 10.2. The molecule has 1 aromatic carbocycles. The molecule has 2 rings (SSSR count). The summed E-state index contributed by atoms with van der Waals surface area (Å²) in [6, 6.07) is 2.16. The molecule has 1 aliphatic heterocycles. The summed E-state index contributed by atoms with van der Waals surface area (Å²) in [5, 5.41) is 8.83. The number of benzene rings is 1. The zero-order chi connectivity index (χ0) is 14.9. The van der Waals surface area contributed by atoms with Crippen LogP contribution in [0.2, 0.25) is 10.0 Å². The number of carboxylic acids is 1.